The SMILES string of the molecule is O=C(c1ccc(Cl)cc1)c1nn(-c2ccccc2)/c(=N\N=C\c2ccc(F)cc2)s1. The summed E-state index contributed by atoms with van der Waals surface area (Å²) in [5.41, 5.74) is 1.93. The lowest BCUT2D eigenvalue weighted by atomic mass is 10.1. The van der Waals surface area contributed by atoms with Gasteiger partial charge in [-0.2, -0.15) is 10.2 Å². The van der Waals surface area contributed by atoms with Gasteiger partial charge in [0.05, 0.1) is 11.9 Å². The molecule has 3 aromatic carbocycles. The van der Waals surface area contributed by atoms with Gasteiger partial charge in [0.2, 0.25) is 10.6 Å². The molecule has 0 radical (unpaired) electrons. The van der Waals surface area contributed by atoms with Gasteiger partial charge in [-0.1, -0.05) is 53.3 Å². The molecule has 0 N–H and O–H groups in total. The van der Waals surface area contributed by atoms with Crippen LogP contribution in [0.3, 0.4) is 0 Å². The molecule has 148 valence electrons. The van der Waals surface area contributed by atoms with E-state index in [0.717, 1.165) is 17.0 Å². The maximum atomic E-state index is 13.0. The van der Waals surface area contributed by atoms with E-state index in [9.17, 15) is 9.18 Å². The molecular weight excluding hydrogens is 423 g/mol. The van der Waals surface area contributed by atoms with Crippen LogP contribution < -0.4 is 4.80 Å². The standard InChI is InChI=1S/C22H14ClFN4OS/c23-17-10-8-16(9-11-17)20(29)21-27-28(19-4-2-1-3-5-19)22(30-21)26-25-14-15-6-12-18(24)13-7-15/h1-14H/b25-14+,26-22+. The van der Waals surface area contributed by atoms with Gasteiger partial charge in [-0.3, -0.25) is 4.79 Å². The molecule has 0 aliphatic rings. The Balaban J connectivity index is 1.73. The molecule has 0 saturated carbocycles. The lowest BCUT2D eigenvalue weighted by Crippen LogP contribution is -2.14. The molecule has 4 aromatic rings. The lowest BCUT2D eigenvalue weighted by molar-refractivity contribution is 0.103. The van der Waals surface area contributed by atoms with Crippen LogP contribution in [0.15, 0.2) is 89.1 Å². The van der Waals surface area contributed by atoms with Gasteiger partial charge in [-0.25, -0.2) is 9.07 Å². The molecule has 0 fully saturated rings. The molecule has 0 aliphatic heterocycles. The predicted molar refractivity (Wildman–Crippen MR) is 116 cm³/mol. The van der Waals surface area contributed by atoms with Crippen LogP contribution in [-0.4, -0.2) is 21.8 Å². The van der Waals surface area contributed by atoms with Crippen molar-refractivity contribution in [2.45, 2.75) is 0 Å². The molecule has 0 bridgehead atoms. The van der Waals surface area contributed by atoms with Crippen molar-refractivity contribution >= 4 is 34.9 Å². The normalized spacial score (nSPS) is 11.9. The van der Waals surface area contributed by atoms with Gasteiger partial charge in [0.15, 0.2) is 5.01 Å². The highest BCUT2D eigenvalue weighted by molar-refractivity contribution is 7.11. The second kappa shape index (κ2) is 8.94. The predicted octanol–water partition coefficient (Wildman–Crippen LogP) is 4.89. The van der Waals surface area contributed by atoms with E-state index in [-0.39, 0.29) is 16.6 Å². The summed E-state index contributed by atoms with van der Waals surface area (Å²) >= 11 is 7.04. The molecule has 0 spiro atoms. The smallest absolute Gasteiger partial charge is 0.233 e. The second-order valence-corrected chi connectivity index (χ2v) is 7.56. The van der Waals surface area contributed by atoms with Crippen LogP contribution in [0.5, 0.6) is 0 Å². The van der Waals surface area contributed by atoms with Gasteiger partial charge in [0.1, 0.15) is 5.82 Å². The number of ketones is 1. The second-order valence-electron chi connectivity index (χ2n) is 6.17. The third-order valence-corrected chi connectivity index (χ3v) is 5.23. The summed E-state index contributed by atoms with van der Waals surface area (Å²) in [5.74, 6) is -0.552. The number of nitrogens with zero attached hydrogens (tertiary/aromatic N) is 4. The number of carbonyl (C=O) groups excluding carboxylic acids is 1. The van der Waals surface area contributed by atoms with E-state index in [0.29, 0.717) is 21.0 Å². The fraction of sp³-hybridized carbons (Fsp3) is 0. The molecule has 0 aliphatic carbocycles. The first-order valence-electron chi connectivity index (χ1n) is 8.89. The Bertz CT molecular complexity index is 1260. The molecule has 0 saturated heterocycles. The summed E-state index contributed by atoms with van der Waals surface area (Å²) in [7, 11) is 0. The van der Waals surface area contributed by atoms with Crippen molar-refractivity contribution in [3.05, 3.63) is 111 Å². The Morgan fingerprint density at radius 3 is 2.40 bits per heavy atom. The van der Waals surface area contributed by atoms with Crippen LogP contribution in [0.4, 0.5) is 4.39 Å². The van der Waals surface area contributed by atoms with Crippen LogP contribution in [0, 0.1) is 5.82 Å². The summed E-state index contributed by atoms with van der Waals surface area (Å²) in [6.07, 6.45) is 1.51. The van der Waals surface area contributed by atoms with Crippen molar-refractivity contribution in [2.24, 2.45) is 10.2 Å². The first-order valence-corrected chi connectivity index (χ1v) is 10.1. The molecule has 30 heavy (non-hydrogen) atoms. The van der Waals surface area contributed by atoms with Crippen LogP contribution in [0.25, 0.3) is 5.69 Å². The van der Waals surface area contributed by atoms with Crippen LogP contribution in [0.1, 0.15) is 20.9 Å². The van der Waals surface area contributed by atoms with Gasteiger partial charge < -0.3 is 0 Å². The summed E-state index contributed by atoms with van der Waals surface area (Å²) in [6.45, 7) is 0. The zero-order chi connectivity index (χ0) is 20.9. The Morgan fingerprint density at radius 1 is 1.00 bits per heavy atom. The number of aromatic nitrogens is 2. The van der Waals surface area contributed by atoms with Crippen molar-refractivity contribution < 1.29 is 9.18 Å². The Morgan fingerprint density at radius 2 is 1.70 bits per heavy atom. The minimum absolute atomic E-state index is 0.231. The van der Waals surface area contributed by atoms with E-state index in [1.165, 1.54) is 18.3 Å². The molecule has 0 unspecified atom stereocenters. The fourth-order valence-electron chi connectivity index (χ4n) is 2.59. The summed E-state index contributed by atoms with van der Waals surface area (Å²) in [5, 5.41) is 13.6. The third-order valence-electron chi connectivity index (χ3n) is 4.08. The maximum Gasteiger partial charge on any atom is 0.233 e. The van der Waals surface area contributed by atoms with Gasteiger partial charge in [-0.05, 0) is 54.1 Å². The molecule has 1 heterocycles. The number of carbonyl (C=O) groups is 1. The van der Waals surface area contributed by atoms with E-state index in [2.05, 4.69) is 15.3 Å². The minimum Gasteiger partial charge on any atom is -0.286 e. The quantitative estimate of drug-likeness (QED) is 0.254. The fourth-order valence-corrected chi connectivity index (χ4v) is 3.55. The number of benzene rings is 3. The topological polar surface area (TPSA) is 59.6 Å². The number of halogens is 2. The molecule has 0 atom stereocenters. The molecule has 0 amide bonds. The highest BCUT2D eigenvalue weighted by Crippen LogP contribution is 2.15. The summed E-state index contributed by atoms with van der Waals surface area (Å²) in [6, 6.07) is 21.9. The zero-order valence-electron chi connectivity index (χ0n) is 15.4. The summed E-state index contributed by atoms with van der Waals surface area (Å²) in [4.78, 5) is 13.3. The van der Waals surface area contributed by atoms with E-state index < -0.39 is 0 Å². The van der Waals surface area contributed by atoms with E-state index in [4.69, 9.17) is 11.6 Å². The molecule has 4 rings (SSSR count). The van der Waals surface area contributed by atoms with Crippen molar-refractivity contribution in [1.82, 2.24) is 9.78 Å². The number of hydrogen-bond acceptors (Lipinski definition) is 5. The lowest BCUT2D eigenvalue weighted by Gasteiger charge is -1.99. The third kappa shape index (κ3) is 4.59. The highest BCUT2D eigenvalue weighted by atomic mass is 35.5. The summed E-state index contributed by atoms with van der Waals surface area (Å²) < 4.78 is 14.6. The van der Waals surface area contributed by atoms with Gasteiger partial charge in [-0.15, -0.1) is 5.10 Å². The first-order chi connectivity index (χ1) is 14.6. The molecule has 5 nitrogen and oxygen atoms in total. The van der Waals surface area contributed by atoms with E-state index in [1.54, 1.807) is 41.1 Å². The van der Waals surface area contributed by atoms with Gasteiger partial charge in [0.25, 0.3) is 0 Å². The number of hydrogen-bond donors (Lipinski definition) is 0. The Labute approximate surface area is 180 Å². The highest BCUT2D eigenvalue weighted by Gasteiger charge is 2.16. The largest absolute Gasteiger partial charge is 0.286 e. The van der Waals surface area contributed by atoms with E-state index >= 15 is 0 Å². The van der Waals surface area contributed by atoms with Crippen molar-refractivity contribution in [2.75, 3.05) is 0 Å². The van der Waals surface area contributed by atoms with Crippen molar-refractivity contribution in [3.63, 3.8) is 0 Å². The average molecular weight is 437 g/mol. The van der Waals surface area contributed by atoms with Crippen LogP contribution in [0.2, 0.25) is 5.02 Å². The molecule has 1 aromatic heterocycles. The minimum atomic E-state index is -0.321. The monoisotopic (exact) mass is 436 g/mol. The van der Waals surface area contributed by atoms with Crippen LogP contribution >= 0.6 is 22.9 Å². The number of rotatable bonds is 5. The van der Waals surface area contributed by atoms with Crippen molar-refractivity contribution in [3.8, 4) is 5.69 Å². The number of para-hydroxylation sites is 1. The van der Waals surface area contributed by atoms with Crippen molar-refractivity contribution in [1.29, 1.82) is 0 Å². The molecule has 8 heteroatoms. The average Bonchev–Trinajstić information content (AvgIpc) is 3.20. The first kappa shape index (κ1) is 19.9. The maximum absolute atomic E-state index is 13.0. The van der Waals surface area contributed by atoms with Gasteiger partial charge >= 0.3 is 0 Å². The Hall–Kier alpha value is -3.42. The van der Waals surface area contributed by atoms with Gasteiger partial charge in [0, 0.05) is 10.6 Å². The Kier molecular flexibility index (Phi) is 5.92. The van der Waals surface area contributed by atoms with Crippen LogP contribution in [-0.2, 0) is 0 Å². The van der Waals surface area contributed by atoms with E-state index in [1.807, 2.05) is 30.3 Å². The zero-order valence-corrected chi connectivity index (χ0v) is 17.0. The molecular formula is C22H14ClFN4OS.